The third-order valence-corrected chi connectivity index (χ3v) is 4.73. The van der Waals surface area contributed by atoms with E-state index in [-0.39, 0.29) is 11.8 Å². The second-order valence-electron chi connectivity index (χ2n) is 6.71. The molecule has 1 aromatic carbocycles. The summed E-state index contributed by atoms with van der Waals surface area (Å²) in [5.74, 6) is 0.565. The van der Waals surface area contributed by atoms with Gasteiger partial charge in [-0.1, -0.05) is 11.6 Å². The van der Waals surface area contributed by atoms with E-state index in [1.807, 2.05) is 65.0 Å². The van der Waals surface area contributed by atoms with E-state index in [1.54, 1.807) is 7.11 Å². The average molecular weight is 355 g/mol. The quantitative estimate of drug-likeness (QED) is 0.849. The van der Waals surface area contributed by atoms with Gasteiger partial charge >= 0.3 is 0 Å². The highest BCUT2D eigenvalue weighted by Crippen LogP contribution is 2.22. The summed E-state index contributed by atoms with van der Waals surface area (Å²) >= 11 is 0. The van der Waals surface area contributed by atoms with Crippen LogP contribution in [0.25, 0.3) is 0 Å². The van der Waals surface area contributed by atoms with Crippen LogP contribution in [0.4, 0.5) is 0 Å². The summed E-state index contributed by atoms with van der Waals surface area (Å²) in [6, 6.07) is 7.44. The van der Waals surface area contributed by atoms with Gasteiger partial charge in [-0.15, -0.1) is 0 Å². The lowest BCUT2D eigenvalue weighted by atomic mass is 10.1. The molecule has 1 saturated heterocycles. The molecule has 138 valence electrons. The minimum atomic E-state index is -0.0421. The van der Waals surface area contributed by atoms with Gasteiger partial charge in [-0.2, -0.15) is 0 Å². The first-order valence-corrected chi connectivity index (χ1v) is 8.85. The van der Waals surface area contributed by atoms with Crippen LogP contribution in [-0.4, -0.2) is 59.5 Å². The molecule has 0 spiro atoms. The van der Waals surface area contributed by atoms with Crippen molar-refractivity contribution in [3.05, 3.63) is 53.3 Å². The first kappa shape index (κ1) is 18.0. The van der Waals surface area contributed by atoms with Crippen LogP contribution in [-0.2, 0) is 7.05 Å². The number of amides is 2. The molecule has 26 heavy (non-hydrogen) atoms. The average Bonchev–Trinajstić information content (AvgIpc) is 2.92. The van der Waals surface area contributed by atoms with Gasteiger partial charge in [0.05, 0.1) is 18.2 Å². The number of methoxy groups -OCH3 is 1. The SMILES string of the molecule is COc1ccc(C)cc1C(=O)N1CCCN(C(=O)c2ccn(C)c2)CC1. The molecular weight excluding hydrogens is 330 g/mol. The maximum absolute atomic E-state index is 13.0. The van der Waals surface area contributed by atoms with Crippen LogP contribution in [0.3, 0.4) is 0 Å². The van der Waals surface area contributed by atoms with E-state index in [0.717, 1.165) is 12.0 Å². The number of benzene rings is 1. The summed E-state index contributed by atoms with van der Waals surface area (Å²) in [4.78, 5) is 29.3. The minimum absolute atomic E-state index is 0.0213. The van der Waals surface area contributed by atoms with Gasteiger partial charge in [-0.05, 0) is 31.5 Å². The largest absolute Gasteiger partial charge is 0.496 e. The summed E-state index contributed by atoms with van der Waals surface area (Å²) < 4.78 is 7.21. The molecule has 0 atom stereocenters. The number of carbonyl (C=O) groups is 2. The number of carbonyl (C=O) groups excluding carboxylic acids is 2. The van der Waals surface area contributed by atoms with Gasteiger partial charge in [0.25, 0.3) is 11.8 Å². The first-order valence-electron chi connectivity index (χ1n) is 8.85. The minimum Gasteiger partial charge on any atom is -0.496 e. The van der Waals surface area contributed by atoms with Gasteiger partial charge in [0.2, 0.25) is 0 Å². The summed E-state index contributed by atoms with van der Waals surface area (Å²) in [6.45, 7) is 4.30. The molecule has 1 aliphatic heterocycles. The molecule has 2 aromatic rings. The van der Waals surface area contributed by atoms with Gasteiger partial charge < -0.3 is 19.1 Å². The van der Waals surface area contributed by atoms with Gasteiger partial charge in [0.15, 0.2) is 0 Å². The van der Waals surface area contributed by atoms with Crippen molar-refractivity contribution >= 4 is 11.8 Å². The Morgan fingerprint density at radius 1 is 1.00 bits per heavy atom. The molecule has 0 radical (unpaired) electrons. The number of hydrogen-bond acceptors (Lipinski definition) is 3. The molecule has 0 bridgehead atoms. The third-order valence-electron chi connectivity index (χ3n) is 4.73. The molecule has 2 heterocycles. The van der Waals surface area contributed by atoms with E-state index in [0.29, 0.717) is 43.1 Å². The van der Waals surface area contributed by atoms with Crippen molar-refractivity contribution in [1.29, 1.82) is 0 Å². The number of rotatable bonds is 3. The maximum atomic E-state index is 13.0. The van der Waals surface area contributed by atoms with Crippen LogP contribution in [0.2, 0.25) is 0 Å². The van der Waals surface area contributed by atoms with Gasteiger partial charge in [-0.3, -0.25) is 9.59 Å². The molecule has 2 amide bonds. The van der Waals surface area contributed by atoms with Gasteiger partial charge in [-0.25, -0.2) is 0 Å². The van der Waals surface area contributed by atoms with Crippen LogP contribution >= 0.6 is 0 Å². The second kappa shape index (κ2) is 7.64. The molecule has 1 aliphatic rings. The molecule has 1 fully saturated rings. The lowest BCUT2D eigenvalue weighted by Crippen LogP contribution is -2.37. The highest BCUT2D eigenvalue weighted by Gasteiger charge is 2.25. The smallest absolute Gasteiger partial charge is 0.257 e. The lowest BCUT2D eigenvalue weighted by Gasteiger charge is -2.23. The monoisotopic (exact) mass is 355 g/mol. The Hall–Kier alpha value is -2.76. The zero-order valence-electron chi connectivity index (χ0n) is 15.6. The van der Waals surface area contributed by atoms with E-state index in [2.05, 4.69) is 0 Å². The molecule has 6 nitrogen and oxygen atoms in total. The van der Waals surface area contributed by atoms with Gasteiger partial charge in [0, 0.05) is 45.6 Å². The Labute approximate surface area is 154 Å². The number of nitrogens with zero attached hydrogens (tertiary/aromatic N) is 3. The van der Waals surface area contributed by atoms with Crippen molar-refractivity contribution in [2.45, 2.75) is 13.3 Å². The van der Waals surface area contributed by atoms with Crippen molar-refractivity contribution < 1.29 is 14.3 Å². The maximum Gasteiger partial charge on any atom is 0.257 e. The Bertz CT molecular complexity index is 812. The van der Waals surface area contributed by atoms with E-state index in [9.17, 15) is 9.59 Å². The Balaban J connectivity index is 1.71. The molecule has 6 heteroatoms. The lowest BCUT2D eigenvalue weighted by molar-refractivity contribution is 0.0717. The van der Waals surface area contributed by atoms with Crippen LogP contribution in [0, 0.1) is 6.92 Å². The standard InChI is InChI=1S/C20H25N3O3/c1-15-5-6-18(26-3)17(13-15)20(25)23-9-4-8-22(11-12-23)19(24)16-7-10-21(2)14-16/h5-7,10,13-14H,4,8-9,11-12H2,1-3H3. The van der Waals surface area contributed by atoms with Crippen LogP contribution in [0.5, 0.6) is 5.75 Å². The highest BCUT2D eigenvalue weighted by molar-refractivity contribution is 5.97. The molecule has 0 aliphatic carbocycles. The number of aromatic nitrogens is 1. The van der Waals surface area contributed by atoms with Crippen molar-refractivity contribution in [2.24, 2.45) is 7.05 Å². The first-order chi connectivity index (χ1) is 12.5. The van der Waals surface area contributed by atoms with E-state index in [4.69, 9.17) is 4.74 Å². The van der Waals surface area contributed by atoms with Crippen LogP contribution in [0.15, 0.2) is 36.7 Å². The number of aryl methyl sites for hydroxylation is 2. The van der Waals surface area contributed by atoms with E-state index in [1.165, 1.54) is 0 Å². The van der Waals surface area contributed by atoms with Crippen molar-refractivity contribution in [1.82, 2.24) is 14.4 Å². The van der Waals surface area contributed by atoms with Crippen molar-refractivity contribution in [2.75, 3.05) is 33.3 Å². The fourth-order valence-corrected chi connectivity index (χ4v) is 3.30. The van der Waals surface area contributed by atoms with Crippen LogP contribution in [0.1, 0.15) is 32.7 Å². The fraction of sp³-hybridized carbons (Fsp3) is 0.400. The van der Waals surface area contributed by atoms with E-state index >= 15 is 0 Å². The fourth-order valence-electron chi connectivity index (χ4n) is 3.30. The third kappa shape index (κ3) is 3.74. The second-order valence-corrected chi connectivity index (χ2v) is 6.71. The molecule has 0 saturated carbocycles. The zero-order valence-corrected chi connectivity index (χ0v) is 15.6. The highest BCUT2D eigenvalue weighted by atomic mass is 16.5. The Morgan fingerprint density at radius 2 is 1.69 bits per heavy atom. The van der Waals surface area contributed by atoms with Gasteiger partial charge in [0.1, 0.15) is 5.75 Å². The summed E-state index contributed by atoms with van der Waals surface area (Å²) in [6.07, 6.45) is 4.46. The Morgan fingerprint density at radius 3 is 2.31 bits per heavy atom. The van der Waals surface area contributed by atoms with Crippen LogP contribution < -0.4 is 4.74 Å². The molecule has 0 unspecified atom stereocenters. The van der Waals surface area contributed by atoms with E-state index < -0.39 is 0 Å². The predicted molar refractivity (Wildman–Crippen MR) is 99.6 cm³/mol. The van der Waals surface area contributed by atoms with Crippen molar-refractivity contribution in [3.63, 3.8) is 0 Å². The molecular formula is C20H25N3O3. The van der Waals surface area contributed by atoms with Crippen molar-refractivity contribution in [3.8, 4) is 5.75 Å². The predicted octanol–water partition coefficient (Wildman–Crippen LogP) is 2.33. The molecule has 0 N–H and O–H groups in total. The summed E-state index contributed by atoms with van der Waals surface area (Å²) in [7, 11) is 3.47. The molecule has 1 aromatic heterocycles. The topological polar surface area (TPSA) is 54.8 Å². The normalized spacial score (nSPS) is 14.9. The zero-order chi connectivity index (χ0) is 18.7. The Kier molecular flexibility index (Phi) is 5.30. The summed E-state index contributed by atoms with van der Waals surface area (Å²) in [5, 5.41) is 0. The summed E-state index contributed by atoms with van der Waals surface area (Å²) in [5.41, 5.74) is 2.29. The molecule has 3 rings (SSSR count). The number of ether oxygens (including phenoxy) is 1. The number of hydrogen-bond donors (Lipinski definition) is 0.